The van der Waals surface area contributed by atoms with Gasteiger partial charge in [-0.3, -0.25) is 0 Å². The van der Waals surface area contributed by atoms with Crippen molar-refractivity contribution in [1.29, 1.82) is 0 Å². The molecule has 0 saturated carbocycles. The Bertz CT molecular complexity index is 851. The van der Waals surface area contributed by atoms with Crippen molar-refractivity contribution < 1.29 is 14.3 Å². The van der Waals surface area contributed by atoms with Crippen LogP contribution in [0.4, 0.5) is 4.79 Å². The average molecular weight is 443 g/mol. The minimum absolute atomic E-state index is 0.0941. The van der Waals surface area contributed by atoms with E-state index in [0.717, 1.165) is 11.1 Å². The Balaban J connectivity index is 1.61. The molecular weight excluding hydrogens is 419 g/mol. The maximum Gasteiger partial charge on any atom is 0.508 e. The van der Waals surface area contributed by atoms with E-state index in [1.54, 1.807) is 24.3 Å². The summed E-state index contributed by atoms with van der Waals surface area (Å²) in [4.78, 5) is 11.7. The zero-order valence-electron chi connectivity index (χ0n) is 17.1. The van der Waals surface area contributed by atoms with Crippen molar-refractivity contribution in [1.82, 2.24) is 0 Å². The van der Waals surface area contributed by atoms with Crippen LogP contribution in [0, 0.1) is 35.5 Å². The van der Waals surface area contributed by atoms with E-state index in [9.17, 15) is 4.79 Å². The van der Waals surface area contributed by atoms with Crippen LogP contribution in [0.1, 0.15) is 37.8 Å². The lowest BCUT2D eigenvalue weighted by molar-refractivity contribution is 0.0511. The van der Waals surface area contributed by atoms with Crippen LogP contribution in [0.25, 0.3) is 0 Å². The Hall–Kier alpha value is -2.59. The standard InChI is InChI=1S/C25H24Cl2O3/c1-19(3-5-21-7-11-23(26)12-8-21)15-17-29-25(28)30-18-16-20(2)4-6-22-9-13-24(27)14-10-22/h7-14,19-20H,15-18H2,1-2H3. The second-order valence-corrected chi connectivity index (χ2v) is 7.75. The van der Waals surface area contributed by atoms with E-state index in [0.29, 0.717) is 22.9 Å². The van der Waals surface area contributed by atoms with Crippen LogP contribution < -0.4 is 0 Å². The van der Waals surface area contributed by atoms with E-state index < -0.39 is 6.16 Å². The molecule has 0 aliphatic carbocycles. The molecule has 156 valence electrons. The van der Waals surface area contributed by atoms with Gasteiger partial charge < -0.3 is 9.47 Å². The highest BCUT2D eigenvalue weighted by Crippen LogP contribution is 2.10. The van der Waals surface area contributed by atoms with Gasteiger partial charge in [0.1, 0.15) is 0 Å². The summed E-state index contributed by atoms with van der Waals surface area (Å²) in [5.41, 5.74) is 1.81. The van der Waals surface area contributed by atoms with Crippen LogP contribution >= 0.6 is 23.2 Å². The van der Waals surface area contributed by atoms with Gasteiger partial charge in [-0.1, -0.05) is 60.7 Å². The smallest absolute Gasteiger partial charge is 0.434 e. The Labute approximate surface area is 188 Å². The van der Waals surface area contributed by atoms with Gasteiger partial charge in [-0.25, -0.2) is 4.79 Å². The molecule has 0 amide bonds. The van der Waals surface area contributed by atoms with Gasteiger partial charge in [-0.2, -0.15) is 0 Å². The van der Waals surface area contributed by atoms with Crippen LogP contribution in [-0.2, 0) is 9.47 Å². The molecule has 0 radical (unpaired) electrons. The van der Waals surface area contributed by atoms with Gasteiger partial charge in [0.2, 0.25) is 0 Å². The van der Waals surface area contributed by atoms with E-state index in [4.69, 9.17) is 32.7 Å². The molecule has 30 heavy (non-hydrogen) atoms. The second kappa shape index (κ2) is 12.9. The molecule has 0 fully saturated rings. The Morgan fingerprint density at radius 1 is 0.767 bits per heavy atom. The third kappa shape index (κ3) is 9.75. The lowest BCUT2D eigenvalue weighted by Gasteiger charge is -2.08. The number of hydrogen-bond donors (Lipinski definition) is 0. The third-order valence-electron chi connectivity index (χ3n) is 4.16. The molecule has 5 heteroatoms. The highest BCUT2D eigenvalue weighted by Gasteiger charge is 2.06. The number of hydrogen-bond acceptors (Lipinski definition) is 3. The van der Waals surface area contributed by atoms with Crippen LogP contribution in [0.2, 0.25) is 10.0 Å². The van der Waals surface area contributed by atoms with E-state index >= 15 is 0 Å². The molecule has 0 heterocycles. The SMILES string of the molecule is CC(C#Cc1ccc(Cl)cc1)CCOC(=O)OCCC(C)C#Cc1ccc(Cl)cc1. The summed E-state index contributed by atoms with van der Waals surface area (Å²) < 4.78 is 10.2. The maximum atomic E-state index is 11.7. The molecule has 0 aromatic heterocycles. The van der Waals surface area contributed by atoms with E-state index in [-0.39, 0.29) is 25.0 Å². The van der Waals surface area contributed by atoms with Gasteiger partial charge in [0.25, 0.3) is 0 Å². The molecule has 0 N–H and O–H groups in total. The quantitative estimate of drug-likeness (QED) is 0.373. The summed E-state index contributed by atoms with van der Waals surface area (Å²) in [6, 6.07) is 14.7. The van der Waals surface area contributed by atoms with Crippen LogP contribution in [-0.4, -0.2) is 19.4 Å². The first-order valence-electron chi connectivity index (χ1n) is 9.76. The second-order valence-electron chi connectivity index (χ2n) is 6.88. The zero-order chi connectivity index (χ0) is 21.8. The van der Waals surface area contributed by atoms with Gasteiger partial charge in [0.15, 0.2) is 0 Å². The number of carbonyl (C=O) groups excluding carboxylic acids is 1. The molecular formula is C25H24Cl2O3. The van der Waals surface area contributed by atoms with Crippen molar-refractivity contribution in [2.45, 2.75) is 26.7 Å². The minimum atomic E-state index is -0.661. The Kier molecular flexibility index (Phi) is 10.2. The van der Waals surface area contributed by atoms with Crippen LogP contribution in [0.5, 0.6) is 0 Å². The molecule has 2 unspecified atom stereocenters. The predicted molar refractivity (Wildman–Crippen MR) is 122 cm³/mol. The topological polar surface area (TPSA) is 35.5 Å². The van der Waals surface area contributed by atoms with Gasteiger partial charge in [0, 0.05) is 33.0 Å². The number of rotatable bonds is 6. The lowest BCUT2D eigenvalue weighted by atomic mass is 10.1. The first kappa shape index (κ1) is 23.7. The van der Waals surface area contributed by atoms with E-state index in [2.05, 4.69) is 23.7 Å². The fourth-order valence-corrected chi connectivity index (χ4v) is 2.56. The fourth-order valence-electron chi connectivity index (χ4n) is 2.30. The first-order chi connectivity index (χ1) is 14.4. The number of carbonyl (C=O) groups is 1. The summed E-state index contributed by atoms with van der Waals surface area (Å²) in [6.45, 7) is 4.50. The molecule has 0 aliphatic rings. The summed E-state index contributed by atoms with van der Waals surface area (Å²) in [7, 11) is 0. The summed E-state index contributed by atoms with van der Waals surface area (Å²) in [5.74, 6) is 12.6. The molecule has 3 nitrogen and oxygen atoms in total. The molecule has 0 spiro atoms. The largest absolute Gasteiger partial charge is 0.508 e. The number of ether oxygens (including phenoxy) is 2. The van der Waals surface area contributed by atoms with Crippen molar-refractivity contribution in [3.05, 3.63) is 69.7 Å². The van der Waals surface area contributed by atoms with E-state index in [1.807, 2.05) is 38.1 Å². The van der Waals surface area contributed by atoms with Crippen molar-refractivity contribution in [2.24, 2.45) is 11.8 Å². The summed E-state index contributed by atoms with van der Waals surface area (Å²) in [5, 5.41) is 1.37. The maximum absolute atomic E-state index is 11.7. The molecule has 0 bridgehead atoms. The molecule has 2 aromatic rings. The van der Waals surface area contributed by atoms with Crippen molar-refractivity contribution >= 4 is 29.4 Å². The van der Waals surface area contributed by atoms with Crippen molar-refractivity contribution in [3.63, 3.8) is 0 Å². The molecule has 2 aromatic carbocycles. The number of halogens is 2. The van der Waals surface area contributed by atoms with Crippen molar-refractivity contribution in [3.8, 4) is 23.7 Å². The Morgan fingerprint density at radius 3 is 1.50 bits per heavy atom. The van der Waals surface area contributed by atoms with Gasteiger partial charge in [-0.15, -0.1) is 0 Å². The lowest BCUT2D eigenvalue weighted by Crippen LogP contribution is -2.12. The van der Waals surface area contributed by atoms with Gasteiger partial charge in [0.05, 0.1) is 13.2 Å². The number of benzene rings is 2. The first-order valence-corrected chi connectivity index (χ1v) is 10.5. The molecule has 2 rings (SSSR count). The van der Waals surface area contributed by atoms with E-state index in [1.165, 1.54) is 0 Å². The minimum Gasteiger partial charge on any atom is -0.434 e. The predicted octanol–water partition coefficient (Wildman–Crippen LogP) is 6.60. The molecule has 0 saturated heterocycles. The van der Waals surface area contributed by atoms with Crippen molar-refractivity contribution in [2.75, 3.05) is 13.2 Å². The average Bonchev–Trinajstić information content (AvgIpc) is 2.73. The monoisotopic (exact) mass is 442 g/mol. The summed E-state index contributed by atoms with van der Waals surface area (Å²) in [6.07, 6.45) is 0.614. The normalized spacial score (nSPS) is 11.9. The van der Waals surface area contributed by atoms with Crippen LogP contribution in [0.3, 0.4) is 0 Å². The highest BCUT2D eigenvalue weighted by molar-refractivity contribution is 6.30. The van der Waals surface area contributed by atoms with Gasteiger partial charge >= 0.3 is 6.16 Å². The van der Waals surface area contributed by atoms with Gasteiger partial charge in [-0.05, 0) is 61.4 Å². The fraction of sp³-hybridized carbons (Fsp3) is 0.320. The molecule has 2 atom stereocenters. The zero-order valence-corrected chi connectivity index (χ0v) is 18.6. The summed E-state index contributed by atoms with van der Waals surface area (Å²) >= 11 is 11.7. The Morgan fingerprint density at radius 2 is 1.13 bits per heavy atom. The third-order valence-corrected chi connectivity index (χ3v) is 4.66. The van der Waals surface area contributed by atoms with Crippen LogP contribution in [0.15, 0.2) is 48.5 Å². The molecule has 0 aliphatic heterocycles. The highest BCUT2D eigenvalue weighted by atomic mass is 35.5.